The number of carbonyl (C=O) groups is 2. The Morgan fingerprint density at radius 2 is 1.07 bits per heavy atom. The largest absolute Gasteiger partial charge is 0.477 e. The van der Waals surface area contributed by atoms with E-state index in [-0.39, 0.29) is 27.3 Å². The van der Waals surface area contributed by atoms with E-state index in [0.717, 1.165) is 0 Å². The smallest absolute Gasteiger partial charge is 0.342 e. The maximum atomic E-state index is 9.85. The van der Waals surface area contributed by atoms with Crippen molar-refractivity contribution >= 4 is 102 Å². The van der Waals surface area contributed by atoms with E-state index in [2.05, 4.69) is 0 Å². The molecule has 0 saturated carbocycles. The Kier molecular flexibility index (Phi) is 21.4. The maximum Gasteiger partial charge on any atom is 0.342 e. The number of aliphatic carboxylic acids is 2. The summed E-state index contributed by atoms with van der Waals surface area (Å²) in [7, 11) is 0. The normalized spacial score (nSPS) is 10.7. The minimum atomic E-state index is -0.866. The predicted octanol–water partition coefficient (Wildman–Crippen LogP) is 3.56. The number of carboxylic acids is 2. The van der Waals surface area contributed by atoms with Crippen LogP contribution in [0, 0.1) is 0 Å². The zero-order valence-corrected chi connectivity index (χ0v) is 19.8. The predicted molar refractivity (Wildman–Crippen MR) is 87.5 cm³/mol. The van der Waals surface area contributed by atoms with Crippen LogP contribution >= 0.6 is 90.4 Å². The van der Waals surface area contributed by atoms with Crippen molar-refractivity contribution in [2.45, 2.75) is 0 Å². The van der Waals surface area contributed by atoms with Gasteiger partial charge in [0.2, 0.25) is 0 Å². The second kappa shape index (κ2) is 14.3. The molecule has 15 heavy (non-hydrogen) atoms. The van der Waals surface area contributed by atoms with Gasteiger partial charge in [-0.25, -0.2) is 9.59 Å². The van der Waals surface area contributed by atoms with E-state index in [4.69, 9.17) is 10.2 Å². The summed E-state index contributed by atoms with van der Waals surface area (Å²) in [6.07, 6.45) is 0. The van der Waals surface area contributed by atoms with Gasteiger partial charge in [-0.3, -0.25) is 0 Å². The quantitative estimate of drug-likeness (QED) is 0.257. The zero-order chi connectivity index (χ0) is 11.7. The van der Waals surface area contributed by atoms with Crippen LogP contribution in [0.3, 0.4) is 0 Å². The molecule has 0 unspecified atom stereocenters. The Bertz CT molecular complexity index is 248. The summed E-state index contributed by atoms with van der Waals surface area (Å²) in [6.45, 7) is 0. The Morgan fingerprint density at radius 3 is 1.07 bits per heavy atom. The molecule has 4 nitrogen and oxygen atoms in total. The molecule has 0 aliphatic heterocycles. The van der Waals surface area contributed by atoms with E-state index in [9.17, 15) is 9.59 Å². The molecular weight excluding hydrogens is 756 g/mol. The summed E-state index contributed by atoms with van der Waals surface area (Å²) in [5.74, 6) is -1.73. The first-order chi connectivity index (χ1) is 6.36. The van der Waals surface area contributed by atoms with E-state index in [1.54, 1.807) is 45.2 Å². The van der Waals surface area contributed by atoms with Crippen molar-refractivity contribution in [1.29, 1.82) is 0 Å². The van der Waals surface area contributed by atoms with Crippen LogP contribution in [-0.2, 0) is 36.9 Å². The minimum absolute atomic E-state index is 0. The molecule has 0 aliphatic carbocycles. The number of halogens is 4. The third-order valence-electron chi connectivity index (χ3n) is 0.600. The molecule has 0 amide bonds. The van der Waals surface area contributed by atoms with Crippen LogP contribution in [0.5, 0.6) is 0 Å². The minimum Gasteiger partial charge on any atom is -0.477 e. The first-order valence-corrected chi connectivity index (χ1v) is 7.40. The van der Waals surface area contributed by atoms with E-state index in [1.165, 1.54) is 8.17 Å². The molecule has 0 atom stereocenters. The van der Waals surface area contributed by atoms with Crippen molar-refractivity contribution in [2.24, 2.45) is 0 Å². The fourth-order valence-corrected chi connectivity index (χ4v) is 0.626. The molecule has 0 fully saturated rings. The molecule has 0 spiro atoms. The molecular formula is C6H4CdI4O4. The van der Waals surface area contributed by atoms with Crippen molar-refractivity contribution in [1.82, 2.24) is 0 Å². The third kappa shape index (κ3) is 16.3. The van der Waals surface area contributed by atoms with Crippen molar-refractivity contribution in [3.8, 4) is 0 Å². The zero-order valence-electron chi connectivity index (χ0n) is 7.08. The molecule has 0 heterocycles. The molecule has 0 saturated heterocycles. The van der Waals surface area contributed by atoms with Crippen LogP contribution in [0.1, 0.15) is 0 Å². The van der Waals surface area contributed by atoms with Crippen molar-refractivity contribution in [3.63, 3.8) is 0 Å². The van der Waals surface area contributed by atoms with E-state index in [0.29, 0.717) is 7.16 Å². The Hall–Kier alpha value is 2.26. The molecule has 0 aromatic carbocycles. The monoisotopic (exact) mass is 762 g/mol. The third-order valence-corrected chi connectivity index (χ3v) is 5.77. The van der Waals surface area contributed by atoms with Gasteiger partial charge in [0.05, 0.1) is 0 Å². The molecule has 0 aromatic heterocycles. The first-order valence-electron chi connectivity index (χ1n) is 2.75. The average Bonchev–Trinajstić information content (AvgIpc) is 2.15. The fraction of sp³-hybridized carbons (Fsp3) is 0. The van der Waals surface area contributed by atoms with Gasteiger partial charge in [-0.2, -0.15) is 0 Å². The van der Waals surface area contributed by atoms with Gasteiger partial charge < -0.3 is 10.2 Å². The summed E-state index contributed by atoms with van der Waals surface area (Å²) in [6, 6.07) is 0. The van der Waals surface area contributed by atoms with Crippen LogP contribution in [0.2, 0.25) is 0 Å². The molecule has 82 valence electrons. The van der Waals surface area contributed by atoms with Crippen LogP contribution in [0.15, 0.2) is 15.3 Å². The maximum absolute atomic E-state index is 9.85. The van der Waals surface area contributed by atoms with E-state index < -0.39 is 11.9 Å². The summed E-state index contributed by atoms with van der Waals surface area (Å²) in [5, 5.41) is 16.2. The number of carboxylic acid groups (broad SMARTS) is 2. The summed E-state index contributed by atoms with van der Waals surface area (Å²) >= 11 is 7.26. The Labute approximate surface area is 161 Å². The molecule has 0 aromatic rings. The van der Waals surface area contributed by atoms with Crippen molar-refractivity contribution in [3.05, 3.63) is 15.3 Å². The topological polar surface area (TPSA) is 74.6 Å². The van der Waals surface area contributed by atoms with Crippen LogP contribution in [0.4, 0.5) is 0 Å². The standard InChI is InChI=1S/2C3H2I2O2.Cd/c2*4-1-2(5)3(6)7;/h2*1H,(H,6,7);. The molecule has 0 aliphatic rings. The number of rotatable bonds is 2. The average molecular weight is 760 g/mol. The van der Waals surface area contributed by atoms with E-state index >= 15 is 0 Å². The molecule has 0 rings (SSSR count). The second-order valence-electron chi connectivity index (χ2n) is 1.52. The van der Waals surface area contributed by atoms with Gasteiger partial charge in [0.15, 0.2) is 0 Å². The first kappa shape index (κ1) is 22.4. The van der Waals surface area contributed by atoms with Crippen LogP contribution in [0.25, 0.3) is 0 Å². The summed E-state index contributed by atoms with van der Waals surface area (Å²) in [5.41, 5.74) is 0. The van der Waals surface area contributed by atoms with Gasteiger partial charge in [0.25, 0.3) is 0 Å². The van der Waals surface area contributed by atoms with Crippen molar-refractivity contribution < 1.29 is 47.1 Å². The summed E-state index contributed by atoms with van der Waals surface area (Å²) in [4.78, 5) is 19.7. The SMILES string of the molecule is O=C(O)C(I)=CI.O=C(O)C(I)=CI.[Cd]. The molecule has 0 bridgehead atoms. The fourth-order valence-electron chi connectivity index (χ4n) is 0.0933. The van der Waals surface area contributed by atoms with E-state index in [1.807, 2.05) is 45.2 Å². The summed E-state index contributed by atoms with van der Waals surface area (Å²) < 4.78 is 3.72. The van der Waals surface area contributed by atoms with Gasteiger partial charge in [0.1, 0.15) is 7.16 Å². The molecule has 0 radical (unpaired) electrons. The van der Waals surface area contributed by atoms with Gasteiger partial charge >= 0.3 is 11.9 Å². The number of hydrogen-bond acceptors (Lipinski definition) is 2. The Morgan fingerprint density at radius 1 is 0.867 bits per heavy atom. The van der Waals surface area contributed by atoms with Crippen LogP contribution < -0.4 is 0 Å². The van der Waals surface area contributed by atoms with Gasteiger partial charge in [-0.15, -0.1) is 0 Å². The second-order valence-corrected chi connectivity index (χ2v) is 5.09. The van der Waals surface area contributed by atoms with Gasteiger partial charge in [-0.05, 0) is 53.3 Å². The van der Waals surface area contributed by atoms with Crippen LogP contribution in [-0.4, -0.2) is 22.2 Å². The molecule has 2 N–H and O–H groups in total. The van der Waals surface area contributed by atoms with Gasteiger partial charge in [-0.1, -0.05) is 45.2 Å². The molecule has 9 heteroatoms. The van der Waals surface area contributed by atoms with Gasteiger partial charge in [0, 0.05) is 27.3 Å². The number of hydrogen-bond donors (Lipinski definition) is 2. The van der Waals surface area contributed by atoms with Crippen molar-refractivity contribution in [2.75, 3.05) is 0 Å². The Balaban J connectivity index is -0.000000180.